The number of hydrogen-bond donors (Lipinski definition) is 1. The Balaban J connectivity index is 1.71. The molecule has 0 spiro atoms. The standard InChI is InChI=1S/C20H25N3O2S/c1-2-22-19(25)15-10-9-14(12-16(15)21-20(22)26)18(24)23-11-5-7-13-6-3-4-8-17(13)23/h9-10,12-13,17H,2-8,11H2,1H3,(H,21,26)/t13-,17-/m1/s1. The van der Waals surface area contributed by atoms with Crippen LogP contribution >= 0.6 is 12.2 Å². The van der Waals surface area contributed by atoms with E-state index in [-0.39, 0.29) is 11.5 Å². The molecule has 0 unspecified atom stereocenters. The molecule has 1 N–H and O–H groups in total. The number of likely N-dealkylation sites (tertiary alicyclic amines) is 1. The first-order valence-electron chi connectivity index (χ1n) is 9.68. The molecule has 26 heavy (non-hydrogen) atoms. The molecular formula is C20H25N3O2S. The molecule has 1 aliphatic heterocycles. The quantitative estimate of drug-likeness (QED) is 0.815. The molecule has 138 valence electrons. The molecule has 1 amide bonds. The lowest BCUT2D eigenvalue weighted by molar-refractivity contribution is 0.0391. The van der Waals surface area contributed by atoms with E-state index in [1.807, 2.05) is 6.92 Å². The lowest BCUT2D eigenvalue weighted by Crippen LogP contribution is -2.49. The number of nitrogens with one attached hydrogen (secondary N) is 1. The highest BCUT2D eigenvalue weighted by Crippen LogP contribution is 2.36. The summed E-state index contributed by atoms with van der Waals surface area (Å²) in [4.78, 5) is 30.9. The summed E-state index contributed by atoms with van der Waals surface area (Å²) in [6, 6.07) is 5.72. The molecule has 1 aliphatic carbocycles. The third-order valence-corrected chi connectivity index (χ3v) is 6.37. The van der Waals surface area contributed by atoms with Gasteiger partial charge in [0.2, 0.25) is 0 Å². The Morgan fingerprint density at radius 3 is 2.81 bits per heavy atom. The number of benzene rings is 1. The van der Waals surface area contributed by atoms with Gasteiger partial charge in [-0.3, -0.25) is 14.2 Å². The van der Waals surface area contributed by atoms with Crippen molar-refractivity contribution in [2.75, 3.05) is 6.54 Å². The number of aromatic nitrogens is 2. The Kier molecular flexibility index (Phi) is 4.69. The van der Waals surface area contributed by atoms with Crippen LogP contribution in [0.5, 0.6) is 0 Å². The number of nitrogens with zero attached hydrogens (tertiary/aromatic N) is 2. The van der Waals surface area contributed by atoms with E-state index in [1.165, 1.54) is 30.3 Å². The summed E-state index contributed by atoms with van der Waals surface area (Å²) in [5.74, 6) is 0.743. The zero-order valence-electron chi connectivity index (χ0n) is 15.2. The predicted octanol–water partition coefficient (Wildman–Crippen LogP) is 3.87. The van der Waals surface area contributed by atoms with Gasteiger partial charge in [0.15, 0.2) is 4.77 Å². The molecule has 1 aromatic heterocycles. The molecule has 2 aromatic rings. The van der Waals surface area contributed by atoms with Crippen molar-refractivity contribution in [2.45, 2.75) is 58.0 Å². The molecule has 2 atom stereocenters. The van der Waals surface area contributed by atoms with Crippen molar-refractivity contribution in [3.63, 3.8) is 0 Å². The Labute approximate surface area is 158 Å². The Hall–Kier alpha value is -1.95. The highest BCUT2D eigenvalue weighted by molar-refractivity contribution is 7.71. The van der Waals surface area contributed by atoms with Crippen molar-refractivity contribution in [3.05, 3.63) is 38.9 Å². The molecular weight excluding hydrogens is 346 g/mol. The SMILES string of the molecule is CCn1c(=S)[nH]c2cc(C(=O)N3CCC[C@H]4CCCC[C@H]43)ccc2c1=O. The van der Waals surface area contributed by atoms with Crippen LogP contribution in [0, 0.1) is 10.7 Å². The van der Waals surface area contributed by atoms with E-state index in [0.29, 0.717) is 39.7 Å². The summed E-state index contributed by atoms with van der Waals surface area (Å²) in [5.41, 5.74) is 1.19. The minimum Gasteiger partial charge on any atom is -0.335 e. The van der Waals surface area contributed by atoms with Gasteiger partial charge in [-0.25, -0.2) is 0 Å². The first kappa shape index (κ1) is 17.5. The van der Waals surface area contributed by atoms with Gasteiger partial charge in [0.1, 0.15) is 0 Å². The zero-order chi connectivity index (χ0) is 18.3. The average Bonchev–Trinajstić information content (AvgIpc) is 2.67. The van der Waals surface area contributed by atoms with Crippen molar-refractivity contribution < 1.29 is 4.79 Å². The Morgan fingerprint density at radius 2 is 2.00 bits per heavy atom. The van der Waals surface area contributed by atoms with Gasteiger partial charge in [-0.15, -0.1) is 0 Å². The van der Waals surface area contributed by atoms with Gasteiger partial charge in [-0.2, -0.15) is 0 Å². The molecule has 2 heterocycles. The lowest BCUT2D eigenvalue weighted by Gasteiger charge is -2.44. The molecule has 0 bridgehead atoms. The van der Waals surface area contributed by atoms with Crippen molar-refractivity contribution in [2.24, 2.45) is 5.92 Å². The Bertz CT molecular complexity index is 960. The van der Waals surface area contributed by atoms with Crippen LogP contribution in [-0.4, -0.2) is 32.9 Å². The predicted molar refractivity (Wildman–Crippen MR) is 105 cm³/mol. The van der Waals surface area contributed by atoms with E-state index in [1.54, 1.807) is 18.2 Å². The molecule has 5 nitrogen and oxygen atoms in total. The van der Waals surface area contributed by atoms with Gasteiger partial charge in [0.05, 0.1) is 10.9 Å². The molecule has 6 heteroatoms. The maximum absolute atomic E-state index is 13.2. The van der Waals surface area contributed by atoms with Crippen LogP contribution in [0.25, 0.3) is 10.9 Å². The highest BCUT2D eigenvalue weighted by atomic mass is 32.1. The fourth-order valence-electron chi connectivity index (χ4n) is 4.72. The minimum atomic E-state index is -0.101. The first-order chi connectivity index (χ1) is 12.6. The zero-order valence-corrected chi connectivity index (χ0v) is 16.0. The topological polar surface area (TPSA) is 58.1 Å². The van der Waals surface area contributed by atoms with Crippen LogP contribution in [-0.2, 0) is 6.54 Å². The largest absolute Gasteiger partial charge is 0.335 e. The van der Waals surface area contributed by atoms with Gasteiger partial charge in [0, 0.05) is 24.7 Å². The third kappa shape index (κ3) is 2.90. The summed E-state index contributed by atoms with van der Waals surface area (Å²) in [6.07, 6.45) is 7.20. The van der Waals surface area contributed by atoms with Gasteiger partial charge in [-0.05, 0) is 68.9 Å². The van der Waals surface area contributed by atoms with Gasteiger partial charge in [0.25, 0.3) is 11.5 Å². The maximum Gasteiger partial charge on any atom is 0.262 e. The second-order valence-corrected chi connectivity index (χ2v) is 7.88. The molecule has 2 fully saturated rings. The number of carbonyl (C=O) groups is 1. The van der Waals surface area contributed by atoms with Gasteiger partial charge >= 0.3 is 0 Å². The van der Waals surface area contributed by atoms with Crippen LogP contribution in [0.2, 0.25) is 0 Å². The van der Waals surface area contributed by atoms with Crippen molar-refractivity contribution in [3.8, 4) is 0 Å². The number of fused-ring (bicyclic) bond motifs is 2. The second-order valence-electron chi connectivity index (χ2n) is 7.49. The molecule has 1 saturated heterocycles. The molecule has 1 aromatic carbocycles. The summed E-state index contributed by atoms with van der Waals surface area (Å²) in [6.45, 7) is 3.26. The van der Waals surface area contributed by atoms with E-state index >= 15 is 0 Å². The number of hydrogen-bond acceptors (Lipinski definition) is 3. The molecule has 4 rings (SSSR count). The highest BCUT2D eigenvalue weighted by Gasteiger charge is 2.36. The van der Waals surface area contributed by atoms with Crippen LogP contribution < -0.4 is 5.56 Å². The maximum atomic E-state index is 13.2. The van der Waals surface area contributed by atoms with Crippen LogP contribution in [0.1, 0.15) is 55.8 Å². The minimum absolute atomic E-state index is 0.0856. The fraction of sp³-hybridized carbons (Fsp3) is 0.550. The number of carbonyl (C=O) groups excluding carboxylic acids is 1. The summed E-state index contributed by atoms with van der Waals surface area (Å²) in [7, 11) is 0. The van der Waals surface area contributed by atoms with E-state index in [9.17, 15) is 9.59 Å². The van der Waals surface area contributed by atoms with Crippen molar-refractivity contribution >= 4 is 29.0 Å². The van der Waals surface area contributed by atoms with E-state index in [0.717, 1.165) is 19.4 Å². The van der Waals surface area contributed by atoms with E-state index < -0.39 is 0 Å². The lowest BCUT2D eigenvalue weighted by atomic mass is 9.78. The normalized spacial score (nSPS) is 23.0. The molecule has 2 aliphatic rings. The van der Waals surface area contributed by atoms with Crippen LogP contribution in [0.4, 0.5) is 0 Å². The van der Waals surface area contributed by atoms with Crippen LogP contribution in [0.15, 0.2) is 23.0 Å². The number of rotatable bonds is 2. The Morgan fingerprint density at radius 1 is 1.23 bits per heavy atom. The van der Waals surface area contributed by atoms with Crippen molar-refractivity contribution in [1.82, 2.24) is 14.5 Å². The smallest absolute Gasteiger partial charge is 0.262 e. The average molecular weight is 372 g/mol. The monoisotopic (exact) mass is 371 g/mol. The first-order valence-corrected chi connectivity index (χ1v) is 10.1. The second kappa shape index (κ2) is 6.99. The molecule has 0 radical (unpaired) electrons. The van der Waals surface area contributed by atoms with Gasteiger partial charge < -0.3 is 9.88 Å². The summed E-state index contributed by atoms with van der Waals surface area (Å²) < 4.78 is 1.94. The van der Waals surface area contributed by atoms with E-state index in [4.69, 9.17) is 12.2 Å². The number of amides is 1. The van der Waals surface area contributed by atoms with E-state index in [2.05, 4.69) is 9.88 Å². The summed E-state index contributed by atoms with van der Waals surface area (Å²) >= 11 is 5.29. The number of piperidine rings is 1. The third-order valence-electron chi connectivity index (χ3n) is 6.05. The van der Waals surface area contributed by atoms with Crippen molar-refractivity contribution in [1.29, 1.82) is 0 Å². The summed E-state index contributed by atoms with van der Waals surface area (Å²) in [5, 5.41) is 0.575. The fourth-order valence-corrected chi connectivity index (χ4v) is 5.04. The van der Waals surface area contributed by atoms with Gasteiger partial charge in [-0.1, -0.05) is 12.8 Å². The molecule has 1 saturated carbocycles. The van der Waals surface area contributed by atoms with Crippen LogP contribution in [0.3, 0.4) is 0 Å². The number of aromatic amines is 1. The number of H-pyrrole nitrogens is 1.